The van der Waals surface area contributed by atoms with Gasteiger partial charge in [-0.2, -0.15) is 13.2 Å². The summed E-state index contributed by atoms with van der Waals surface area (Å²) < 4.78 is 67.7. The van der Waals surface area contributed by atoms with Gasteiger partial charge in [0.2, 0.25) is 5.96 Å². The van der Waals surface area contributed by atoms with Crippen LogP contribution in [0.15, 0.2) is 65.7 Å². The maximum Gasteiger partial charge on any atom is 0.420 e. The van der Waals surface area contributed by atoms with Crippen molar-refractivity contribution in [3.8, 4) is 11.5 Å². The number of carboxylic acids is 1. The van der Waals surface area contributed by atoms with Crippen LogP contribution >= 0.6 is 0 Å². The molecule has 2 heterocycles. The minimum atomic E-state index is -4.73. The van der Waals surface area contributed by atoms with Gasteiger partial charge in [-0.25, -0.2) is 9.38 Å². The fraction of sp³-hybridized carbons (Fsp3) is 0.310. The topological polar surface area (TPSA) is 172 Å². The molecule has 1 radical (unpaired) electrons. The summed E-state index contributed by atoms with van der Waals surface area (Å²) in [4.78, 5) is 22.0. The van der Waals surface area contributed by atoms with Gasteiger partial charge >= 0.3 is 12.1 Å². The Kier molecular flexibility index (Phi) is 14.1. The standard InChI is InChI=1S/C29H28F4N4O4.Na.3H2O/c1-40-19-7-3-6-18(16-19)35-12-14-36(15-13-35)28-34-26-20(8-4-10-22(26)30)24(17-25(38)39)37(28)23-11-5-9-21(27(23)41-2)29(31,32)33;;;;/h3-11,16,24H,12-15,17H2,1-2H3,(H,38,39);;3*1H2/t24-;;;;/m0..../s1. The van der Waals surface area contributed by atoms with E-state index in [-0.39, 0.29) is 68.9 Å². The third kappa shape index (κ3) is 7.98. The molecule has 0 bridgehead atoms. The van der Waals surface area contributed by atoms with Crippen molar-refractivity contribution in [2.24, 2.45) is 4.99 Å². The molecule has 0 aliphatic carbocycles. The number of anilines is 2. The third-order valence-electron chi connectivity index (χ3n) is 7.23. The second kappa shape index (κ2) is 16.1. The summed E-state index contributed by atoms with van der Waals surface area (Å²) in [6.07, 6.45) is -5.25. The van der Waals surface area contributed by atoms with Crippen LogP contribution in [0.5, 0.6) is 11.5 Å². The van der Waals surface area contributed by atoms with Crippen molar-refractivity contribution in [2.45, 2.75) is 18.6 Å². The van der Waals surface area contributed by atoms with Gasteiger partial charge in [-0.05, 0) is 30.3 Å². The molecule has 0 aromatic heterocycles. The molecule has 241 valence electrons. The molecule has 3 aromatic carbocycles. The number of para-hydroxylation sites is 2. The van der Waals surface area contributed by atoms with Crippen LogP contribution < -0.4 is 19.3 Å². The maximum absolute atomic E-state index is 15.1. The van der Waals surface area contributed by atoms with E-state index >= 15 is 4.39 Å². The number of fused-ring (bicyclic) bond motifs is 1. The number of halogens is 4. The fourth-order valence-electron chi connectivity index (χ4n) is 5.34. The van der Waals surface area contributed by atoms with E-state index in [1.54, 1.807) is 13.2 Å². The normalized spacial score (nSPS) is 15.6. The van der Waals surface area contributed by atoms with Gasteiger partial charge in [0.15, 0.2) is 5.75 Å². The van der Waals surface area contributed by atoms with Gasteiger partial charge in [0, 0.05) is 73.1 Å². The summed E-state index contributed by atoms with van der Waals surface area (Å²) in [6.45, 7) is 1.82. The number of nitrogens with zero attached hydrogens (tertiary/aromatic N) is 4. The number of aliphatic imine (C=N–C) groups is 1. The SMILES string of the molecule is COc1cccc(N2CCN(C3=Nc4c(F)cccc4[C@H](CC(=O)O)N3c3cccc(C(F)(F)F)c3OC)CC2)c1.O.O.O.[Na]. The van der Waals surface area contributed by atoms with Gasteiger partial charge in [-0.3, -0.25) is 4.79 Å². The summed E-state index contributed by atoms with van der Waals surface area (Å²) in [7, 11) is 2.71. The van der Waals surface area contributed by atoms with Gasteiger partial charge in [-0.1, -0.05) is 24.3 Å². The average Bonchev–Trinajstić information content (AvgIpc) is 2.96. The molecule has 7 N–H and O–H groups in total. The Morgan fingerprint density at radius 1 is 0.933 bits per heavy atom. The molecule has 0 amide bonds. The number of ether oxygens (including phenoxy) is 2. The van der Waals surface area contributed by atoms with Crippen LogP contribution in [-0.4, -0.2) is 108 Å². The number of carbonyl (C=O) groups is 1. The molecule has 0 spiro atoms. The van der Waals surface area contributed by atoms with Crippen LogP contribution in [0.2, 0.25) is 0 Å². The Morgan fingerprint density at radius 3 is 2.16 bits per heavy atom. The molecule has 45 heavy (non-hydrogen) atoms. The zero-order valence-corrected chi connectivity index (χ0v) is 26.9. The van der Waals surface area contributed by atoms with Crippen LogP contribution in [0.25, 0.3) is 0 Å². The van der Waals surface area contributed by atoms with E-state index in [1.807, 2.05) is 29.2 Å². The number of benzene rings is 3. The van der Waals surface area contributed by atoms with Crippen molar-refractivity contribution in [3.63, 3.8) is 0 Å². The van der Waals surface area contributed by atoms with Crippen LogP contribution in [0.4, 0.5) is 34.6 Å². The number of hydrogen-bond donors (Lipinski definition) is 1. The number of guanidine groups is 1. The molecule has 11 nitrogen and oxygen atoms in total. The van der Waals surface area contributed by atoms with Crippen molar-refractivity contribution >= 4 is 58.5 Å². The van der Waals surface area contributed by atoms with Gasteiger partial charge in [0.1, 0.15) is 17.3 Å². The van der Waals surface area contributed by atoms with E-state index in [0.29, 0.717) is 31.9 Å². The monoisotopic (exact) mass is 649 g/mol. The molecule has 1 atom stereocenters. The van der Waals surface area contributed by atoms with E-state index in [2.05, 4.69) is 9.89 Å². The summed E-state index contributed by atoms with van der Waals surface area (Å²) in [5.74, 6) is -1.48. The predicted molar refractivity (Wildman–Crippen MR) is 162 cm³/mol. The van der Waals surface area contributed by atoms with Crippen molar-refractivity contribution in [3.05, 3.63) is 77.6 Å². The molecule has 0 unspecified atom stereocenters. The minimum absolute atomic E-state index is 0. The number of alkyl halides is 3. The van der Waals surface area contributed by atoms with Crippen LogP contribution in [0.3, 0.4) is 0 Å². The van der Waals surface area contributed by atoms with Gasteiger partial charge in [-0.15, -0.1) is 0 Å². The number of carboxylic acid groups (broad SMARTS) is 1. The second-order valence-electron chi connectivity index (χ2n) is 9.60. The number of aliphatic carboxylic acids is 1. The zero-order chi connectivity index (χ0) is 29.3. The number of rotatable bonds is 6. The van der Waals surface area contributed by atoms with Gasteiger partial charge in [0.25, 0.3) is 0 Å². The van der Waals surface area contributed by atoms with E-state index in [1.165, 1.54) is 29.2 Å². The van der Waals surface area contributed by atoms with Gasteiger partial charge in [0.05, 0.1) is 37.9 Å². The second-order valence-corrected chi connectivity index (χ2v) is 9.60. The van der Waals surface area contributed by atoms with Crippen molar-refractivity contribution in [2.75, 3.05) is 50.2 Å². The van der Waals surface area contributed by atoms with Crippen molar-refractivity contribution < 1.29 is 53.4 Å². The van der Waals surface area contributed by atoms with Crippen LogP contribution in [0.1, 0.15) is 23.6 Å². The summed E-state index contributed by atoms with van der Waals surface area (Å²) in [5.41, 5.74) is 0.124. The fourth-order valence-corrected chi connectivity index (χ4v) is 5.34. The largest absolute Gasteiger partial charge is 0.497 e. The molecule has 3 aromatic rings. The molecule has 1 saturated heterocycles. The molecule has 5 rings (SSSR count). The Hall–Kier alpha value is -3.60. The maximum atomic E-state index is 15.1. The van der Waals surface area contributed by atoms with E-state index in [0.717, 1.165) is 18.9 Å². The minimum Gasteiger partial charge on any atom is -0.497 e. The Bertz CT molecular complexity index is 1490. The predicted octanol–water partition coefficient (Wildman–Crippen LogP) is 2.85. The molecular formula is C29H34F4N4NaO7. The number of hydrogen-bond acceptors (Lipinski definition) is 7. The van der Waals surface area contributed by atoms with Crippen molar-refractivity contribution in [1.29, 1.82) is 0 Å². The van der Waals surface area contributed by atoms with Crippen LogP contribution in [0, 0.1) is 5.82 Å². The Morgan fingerprint density at radius 2 is 1.56 bits per heavy atom. The molecule has 2 aliphatic rings. The van der Waals surface area contributed by atoms with E-state index < -0.39 is 41.7 Å². The molecule has 16 heteroatoms. The summed E-state index contributed by atoms with van der Waals surface area (Å²) >= 11 is 0. The zero-order valence-electron chi connectivity index (χ0n) is 24.9. The van der Waals surface area contributed by atoms with E-state index in [9.17, 15) is 23.1 Å². The van der Waals surface area contributed by atoms with Crippen molar-refractivity contribution in [1.82, 2.24) is 4.90 Å². The smallest absolute Gasteiger partial charge is 0.420 e. The first-order valence-corrected chi connectivity index (χ1v) is 12.9. The quantitative estimate of drug-likeness (QED) is 0.316. The number of piperazine rings is 1. The molecular weight excluding hydrogens is 615 g/mol. The van der Waals surface area contributed by atoms with E-state index in [4.69, 9.17) is 9.47 Å². The first-order valence-electron chi connectivity index (χ1n) is 12.9. The van der Waals surface area contributed by atoms with Crippen LogP contribution in [-0.2, 0) is 11.0 Å². The van der Waals surface area contributed by atoms with Gasteiger partial charge < -0.3 is 45.7 Å². The molecule has 2 aliphatic heterocycles. The Labute approximate surface area is 278 Å². The first-order chi connectivity index (χ1) is 19.6. The third-order valence-corrected chi connectivity index (χ3v) is 7.23. The molecule has 1 fully saturated rings. The Balaban J connectivity index is 0.00000253. The number of methoxy groups -OCH3 is 2. The summed E-state index contributed by atoms with van der Waals surface area (Å²) in [6, 6.07) is 14.3. The molecule has 0 saturated carbocycles. The summed E-state index contributed by atoms with van der Waals surface area (Å²) in [5, 5.41) is 9.83. The first kappa shape index (κ1) is 39.4. The average molecular weight is 650 g/mol.